The molecule has 0 radical (unpaired) electrons. The van der Waals surface area contributed by atoms with Gasteiger partial charge in [0.05, 0.1) is 19.3 Å². The second-order valence-electron chi connectivity index (χ2n) is 7.76. The van der Waals surface area contributed by atoms with E-state index in [2.05, 4.69) is 10.3 Å². The summed E-state index contributed by atoms with van der Waals surface area (Å²) in [4.78, 5) is 30.4. The van der Waals surface area contributed by atoms with Gasteiger partial charge in [0.2, 0.25) is 0 Å². The molecule has 2 heterocycles. The van der Waals surface area contributed by atoms with Crippen LogP contribution < -0.4 is 15.6 Å². The minimum absolute atomic E-state index is 0.0517. The van der Waals surface area contributed by atoms with Crippen molar-refractivity contribution < 1.29 is 14.3 Å². The van der Waals surface area contributed by atoms with Gasteiger partial charge in [-0.05, 0) is 62.2 Å². The van der Waals surface area contributed by atoms with Crippen LogP contribution in [0.1, 0.15) is 25.3 Å². The number of carbonyl (C=O) groups is 1. The molecule has 0 spiro atoms. The van der Waals surface area contributed by atoms with Gasteiger partial charge in [0.25, 0.3) is 5.56 Å². The molecule has 0 aliphatic carbocycles. The maximum Gasteiger partial charge on any atom is 0.322 e. The van der Waals surface area contributed by atoms with Gasteiger partial charge in [0.15, 0.2) is 0 Å². The maximum absolute atomic E-state index is 13.1. The highest BCUT2D eigenvalue weighted by molar-refractivity contribution is 6.30. The van der Waals surface area contributed by atoms with Crippen LogP contribution in [0, 0.1) is 0 Å². The molecular weight excluding hydrogens is 430 g/mol. The number of benzene rings is 2. The molecule has 1 aliphatic rings. The molecule has 8 heteroatoms. The van der Waals surface area contributed by atoms with E-state index >= 15 is 0 Å². The fraction of sp³-hybridized carbons (Fsp3) is 0.333. The second kappa shape index (κ2) is 10.1. The van der Waals surface area contributed by atoms with E-state index in [1.165, 1.54) is 0 Å². The van der Waals surface area contributed by atoms with E-state index in [0.717, 1.165) is 29.5 Å². The number of aromatic amines is 1. The number of rotatable bonds is 7. The van der Waals surface area contributed by atoms with E-state index < -0.39 is 0 Å². The molecule has 1 atom stereocenters. The molecule has 2 amide bonds. The van der Waals surface area contributed by atoms with Crippen molar-refractivity contribution in [1.29, 1.82) is 0 Å². The topological polar surface area (TPSA) is 83.7 Å². The van der Waals surface area contributed by atoms with Gasteiger partial charge in [-0.25, -0.2) is 4.79 Å². The van der Waals surface area contributed by atoms with Crippen molar-refractivity contribution in [2.75, 3.05) is 25.1 Å². The fourth-order valence-corrected chi connectivity index (χ4v) is 4.02. The van der Waals surface area contributed by atoms with Crippen molar-refractivity contribution in [1.82, 2.24) is 9.88 Å². The van der Waals surface area contributed by atoms with Crippen LogP contribution in [0.25, 0.3) is 10.9 Å². The van der Waals surface area contributed by atoms with Crippen LogP contribution in [0.4, 0.5) is 10.5 Å². The Bertz CT molecular complexity index is 1160. The monoisotopic (exact) mass is 455 g/mol. The highest BCUT2D eigenvalue weighted by atomic mass is 35.5. The SMILES string of the molecule is CCOc1ccc2[nH]c(=O)c(CN(C[C@H]3CCCO3)C(=O)Nc3cccc(Cl)c3)cc2c1. The first-order valence-corrected chi connectivity index (χ1v) is 11.1. The number of fused-ring (bicyclic) bond motifs is 1. The van der Waals surface area contributed by atoms with Crippen LogP contribution in [0.3, 0.4) is 0 Å². The van der Waals surface area contributed by atoms with Crippen LogP contribution in [-0.2, 0) is 11.3 Å². The van der Waals surface area contributed by atoms with Gasteiger partial charge in [-0.15, -0.1) is 0 Å². The zero-order valence-electron chi connectivity index (χ0n) is 17.9. The third-order valence-electron chi connectivity index (χ3n) is 5.38. The second-order valence-corrected chi connectivity index (χ2v) is 8.20. The number of H-pyrrole nitrogens is 1. The highest BCUT2D eigenvalue weighted by Gasteiger charge is 2.24. The summed E-state index contributed by atoms with van der Waals surface area (Å²) in [6.07, 6.45) is 1.79. The lowest BCUT2D eigenvalue weighted by molar-refractivity contribution is 0.0818. The molecule has 0 bridgehead atoms. The Morgan fingerprint density at radius 2 is 2.16 bits per heavy atom. The first-order valence-electron chi connectivity index (χ1n) is 10.7. The number of amides is 2. The van der Waals surface area contributed by atoms with Gasteiger partial charge in [0, 0.05) is 40.3 Å². The molecule has 7 nitrogen and oxygen atoms in total. The summed E-state index contributed by atoms with van der Waals surface area (Å²) in [5.74, 6) is 0.730. The number of urea groups is 1. The molecule has 2 aromatic carbocycles. The van der Waals surface area contributed by atoms with E-state index in [9.17, 15) is 9.59 Å². The molecule has 1 saturated heterocycles. The van der Waals surface area contributed by atoms with Gasteiger partial charge in [-0.2, -0.15) is 0 Å². The van der Waals surface area contributed by atoms with Crippen LogP contribution >= 0.6 is 11.6 Å². The number of ether oxygens (including phenoxy) is 2. The maximum atomic E-state index is 13.1. The Balaban J connectivity index is 1.60. The van der Waals surface area contributed by atoms with Gasteiger partial charge >= 0.3 is 6.03 Å². The Hall–Kier alpha value is -3.03. The number of nitrogens with zero attached hydrogens (tertiary/aromatic N) is 1. The van der Waals surface area contributed by atoms with E-state index in [1.807, 2.05) is 31.2 Å². The Morgan fingerprint density at radius 3 is 2.91 bits per heavy atom. The highest BCUT2D eigenvalue weighted by Crippen LogP contribution is 2.21. The average molecular weight is 456 g/mol. The summed E-state index contributed by atoms with van der Waals surface area (Å²) in [7, 11) is 0. The molecular formula is C24H26ClN3O4. The number of aromatic nitrogens is 1. The van der Waals surface area contributed by atoms with Gasteiger partial charge in [0.1, 0.15) is 5.75 Å². The van der Waals surface area contributed by atoms with Gasteiger partial charge in [-0.1, -0.05) is 17.7 Å². The van der Waals surface area contributed by atoms with Crippen LogP contribution in [0.5, 0.6) is 5.75 Å². The molecule has 3 aromatic rings. The van der Waals surface area contributed by atoms with Crippen molar-refractivity contribution in [2.24, 2.45) is 0 Å². The quantitative estimate of drug-likeness (QED) is 0.536. The number of hydrogen-bond donors (Lipinski definition) is 2. The molecule has 1 fully saturated rings. The van der Waals surface area contributed by atoms with Crippen molar-refractivity contribution in [2.45, 2.75) is 32.4 Å². The van der Waals surface area contributed by atoms with E-state index in [4.69, 9.17) is 21.1 Å². The molecule has 168 valence electrons. The van der Waals surface area contributed by atoms with Crippen molar-refractivity contribution in [3.63, 3.8) is 0 Å². The number of hydrogen-bond acceptors (Lipinski definition) is 4. The number of halogens is 1. The van der Waals surface area contributed by atoms with Crippen molar-refractivity contribution in [3.05, 3.63) is 69.5 Å². The predicted octanol–water partition coefficient (Wildman–Crippen LogP) is 4.79. The number of nitrogens with one attached hydrogen (secondary N) is 2. The van der Waals surface area contributed by atoms with Gasteiger partial charge in [-0.3, -0.25) is 4.79 Å². The smallest absolute Gasteiger partial charge is 0.322 e. The molecule has 1 aromatic heterocycles. The molecule has 0 unspecified atom stereocenters. The summed E-state index contributed by atoms with van der Waals surface area (Å²) in [5.41, 5.74) is 1.57. The Kier molecular flexibility index (Phi) is 6.97. The first-order chi connectivity index (χ1) is 15.5. The Morgan fingerprint density at radius 1 is 1.28 bits per heavy atom. The van der Waals surface area contributed by atoms with Crippen LogP contribution in [-0.4, -0.2) is 41.8 Å². The normalized spacial score (nSPS) is 15.6. The van der Waals surface area contributed by atoms with E-state index in [0.29, 0.717) is 36.0 Å². The van der Waals surface area contributed by atoms with Crippen LogP contribution in [0.2, 0.25) is 5.02 Å². The number of carbonyl (C=O) groups excluding carboxylic acids is 1. The average Bonchev–Trinajstić information content (AvgIpc) is 3.27. The summed E-state index contributed by atoms with van der Waals surface area (Å²) in [6.45, 7) is 3.70. The van der Waals surface area contributed by atoms with E-state index in [1.54, 1.807) is 29.2 Å². The molecule has 32 heavy (non-hydrogen) atoms. The molecule has 0 saturated carbocycles. The largest absolute Gasteiger partial charge is 0.494 e. The molecule has 4 rings (SSSR count). The van der Waals surface area contributed by atoms with Crippen molar-refractivity contribution in [3.8, 4) is 5.75 Å². The molecule has 1 aliphatic heterocycles. The summed E-state index contributed by atoms with van der Waals surface area (Å²) >= 11 is 6.05. The van der Waals surface area contributed by atoms with Crippen LogP contribution in [0.15, 0.2) is 53.3 Å². The third-order valence-corrected chi connectivity index (χ3v) is 5.61. The summed E-state index contributed by atoms with van der Waals surface area (Å²) < 4.78 is 11.3. The predicted molar refractivity (Wildman–Crippen MR) is 126 cm³/mol. The van der Waals surface area contributed by atoms with E-state index in [-0.39, 0.29) is 24.2 Å². The Labute approximate surface area is 191 Å². The minimum Gasteiger partial charge on any atom is -0.494 e. The standard InChI is InChI=1S/C24H26ClN3O4/c1-2-31-20-8-9-22-16(12-20)11-17(23(29)27-22)14-28(15-21-7-4-10-32-21)24(30)26-19-6-3-5-18(25)13-19/h3,5-6,8-9,11-13,21H,2,4,7,10,14-15H2,1H3,(H,26,30)(H,27,29)/t21-/m1/s1. The minimum atomic E-state index is -0.315. The zero-order chi connectivity index (χ0) is 22.5. The lowest BCUT2D eigenvalue weighted by Gasteiger charge is -2.26. The summed E-state index contributed by atoms with van der Waals surface area (Å²) in [5, 5.41) is 4.25. The number of pyridine rings is 1. The summed E-state index contributed by atoms with van der Waals surface area (Å²) in [6, 6.07) is 14.0. The number of anilines is 1. The first kappa shape index (κ1) is 22.2. The lowest BCUT2D eigenvalue weighted by Crippen LogP contribution is -2.40. The fourth-order valence-electron chi connectivity index (χ4n) is 3.83. The van der Waals surface area contributed by atoms with Gasteiger partial charge < -0.3 is 24.7 Å². The zero-order valence-corrected chi connectivity index (χ0v) is 18.7. The molecule has 2 N–H and O–H groups in total. The lowest BCUT2D eigenvalue weighted by atomic mass is 10.1. The van der Waals surface area contributed by atoms with Crippen molar-refractivity contribution >= 4 is 34.2 Å². The third kappa shape index (κ3) is 5.41.